The molecule has 3 aromatic rings. The number of amides is 3. The van der Waals surface area contributed by atoms with Crippen LogP contribution in [0.5, 0.6) is 5.75 Å². The number of nitrogens with zero attached hydrogens (tertiary/aromatic N) is 3. The van der Waals surface area contributed by atoms with E-state index < -0.39 is 6.03 Å². The number of benzene rings is 2. The first-order chi connectivity index (χ1) is 18.3. The molecule has 1 aliphatic heterocycles. The van der Waals surface area contributed by atoms with Crippen molar-refractivity contribution in [3.8, 4) is 5.75 Å². The molecule has 3 N–H and O–H groups in total. The van der Waals surface area contributed by atoms with Crippen molar-refractivity contribution in [3.05, 3.63) is 84.2 Å². The van der Waals surface area contributed by atoms with Gasteiger partial charge in [-0.05, 0) is 62.0 Å². The van der Waals surface area contributed by atoms with Crippen LogP contribution in [0.1, 0.15) is 29.8 Å². The fourth-order valence-corrected chi connectivity index (χ4v) is 4.50. The number of rotatable bonds is 8. The summed E-state index contributed by atoms with van der Waals surface area (Å²) in [6.07, 6.45) is 3.35. The van der Waals surface area contributed by atoms with Gasteiger partial charge in [-0.2, -0.15) is 0 Å². The first kappa shape index (κ1) is 27.1. The van der Waals surface area contributed by atoms with Crippen LogP contribution < -0.4 is 15.4 Å². The lowest BCUT2D eigenvalue weighted by molar-refractivity contribution is 0.0341. The van der Waals surface area contributed by atoms with Gasteiger partial charge in [-0.25, -0.2) is 4.79 Å². The van der Waals surface area contributed by atoms with Gasteiger partial charge < -0.3 is 25.4 Å². The van der Waals surface area contributed by atoms with Crippen LogP contribution >= 0.6 is 0 Å². The Labute approximate surface area is 223 Å². The van der Waals surface area contributed by atoms with Crippen LogP contribution in [-0.4, -0.2) is 70.7 Å². The summed E-state index contributed by atoms with van der Waals surface area (Å²) in [5.74, 6) is 0.215. The van der Waals surface area contributed by atoms with Crippen LogP contribution in [0.3, 0.4) is 0 Å². The highest BCUT2D eigenvalue weighted by atomic mass is 16.5. The van der Waals surface area contributed by atoms with Crippen molar-refractivity contribution in [1.82, 2.24) is 14.8 Å². The highest BCUT2D eigenvalue weighted by Crippen LogP contribution is 2.31. The molecule has 4 rings (SSSR count). The van der Waals surface area contributed by atoms with E-state index in [9.17, 15) is 14.7 Å². The lowest BCUT2D eigenvalue weighted by Crippen LogP contribution is -2.49. The molecule has 0 saturated heterocycles. The number of ether oxygens (including phenoxy) is 1. The smallest absolute Gasteiger partial charge is 0.323 e. The largest absolute Gasteiger partial charge is 0.488 e. The minimum Gasteiger partial charge on any atom is -0.488 e. The Morgan fingerprint density at radius 1 is 1.13 bits per heavy atom. The molecule has 3 atom stereocenters. The van der Waals surface area contributed by atoms with Gasteiger partial charge in [-0.15, -0.1) is 0 Å². The number of pyridine rings is 1. The number of likely N-dealkylation sites (N-methyl/N-ethyl adjacent to an activating group) is 1. The van der Waals surface area contributed by atoms with Crippen LogP contribution in [0.2, 0.25) is 0 Å². The average molecular weight is 518 g/mol. The Bertz CT molecular complexity index is 1220. The summed E-state index contributed by atoms with van der Waals surface area (Å²) in [6, 6.07) is 17.4. The lowest BCUT2D eigenvalue weighted by Gasteiger charge is -2.38. The summed E-state index contributed by atoms with van der Waals surface area (Å²) in [5, 5.41) is 15.5. The Kier molecular flexibility index (Phi) is 8.93. The molecule has 0 aliphatic carbocycles. The van der Waals surface area contributed by atoms with Gasteiger partial charge in [0.25, 0.3) is 5.91 Å². The molecule has 0 fully saturated rings. The first-order valence-electron chi connectivity index (χ1n) is 12.8. The number of carbonyl (C=O) groups is 2. The number of aliphatic hydroxyl groups is 1. The van der Waals surface area contributed by atoms with Gasteiger partial charge in [0, 0.05) is 49.3 Å². The predicted molar refractivity (Wildman–Crippen MR) is 147 cm³/mol. The monoisotopic (exact) mass is 517 g/mol. The topological polar surface area (TPSA) is 107 Å². The molecule has 0 spiro atoms. The van der Waals surface area contributed by atoms with Gasteiger partial charge in [0.1, 0.15) is 11.9 Å². The Morgan fingerprint density at radius 3 is 2.55 bits per heavy atom. The Morgan fingerprint density at radius 2 is 1.84 bits per heavy atom. The highest BCUT2D eigenvalue weighted by molar-refractivity contribution is 6.02. The van der Waals surface area contributed by atoms with Gasteiger partial charge in [0.15, 0.2) is 0 Å². The molecule has 9 nitrogen and oxygen atoms in total. The number of hydrogen-bond acceptors (Lipinski definition) is 6. The fourth-order valence-electron chi connectivity index (χ4n) is 4.50. The van der Waals surface area contributed by atoms with Gasteiger partial charge in [-0.1, -0.05) is 25.1 Å². The molecule has 2 heterocycles. The third-order valence-corrected chi connectivity index (χ3v) is 6.65. The standard InChI is InChI=1S/C29H35N5O4/c1-20-16-34(21(2)19-35)28(36)25-15-24(32-29(37)31-23-7-5-4-6-8-23)9-10-26(25)38-27(20)18-33(3)17-22-11-13-30-14-12-22/h4-15,20-21,27,35H,16-19H2,1-3H3,(H2,31,32,37)/t20-,21+,27-/m1/s1. The van der Waals surface area contributed by atoms with Crippen LogP contribution in [-0.2, 0) is 6.54 Å². The quantitative estimate of drug-likeness (QED) is 0.416. The summed E-state index contributed by atoms with van der Waals surface area (Å²) in [7, 11) is 2.04. The third kappa shape index (κ3) is 6.87. The normalized spacial score (nSPS) is 18.1. The van der Waals surface area contributed by atoms with E-state index >= 15 is 0 Å². The van der Waals surface area contributed by atoms with E-state index in [4.69, 9.17) is 4.74 Å². The second-order valence-corrected chi connectivity index (χ2v) is 9.83. The fraction of sp³-hybridized carbons (Fsp3) is 0.345. The maximum atomic E-state index is 13.6. The first-order valence-corrected chi connectivity index (χ1v) is 12.8. The number of aliphatic hydroxyl groups excluding tert-OH is 1. The molecule has 1 aliphatic rings. The molecule has 3 amide bonds. The Hall–Kier alpha value is -3.95. The van der Waals surface area contributed by atoms with Crippen molar-refractivity contribution in [2.75, 3.05) is 37.4 Å². The molecule has 1 aromatic heterocycles. The molecule has 9 heteroatoms. The van der Waals surface area contributed by atoms with E-state index in [2.05, 4.69) is 27.4 Å². The van der Waals surface area contributed by atoms with E-state index in [1.165, 1.54) is 0 Å². The maximum Gasteiger partial charge on any atom is 0.323 e. The zero-order valence-corrected chi connectivity index (χ0v) is 22.0. The van der Waals surface area contributed by atoms with Crippen molar-refractivity contribution in [2.24, 2.45) is 5.92 Å². The minimum absolute atomic E-state index is 0.00967. The third-order valence-electron chi connectivity index (χ3n) is 6.65. The second-order valence-electron chi connectivity index (χ2n) is 9.83. The second kappa shape index (κ2) is 12.5. The molecule has 0 bridgehead atoms. The van der Waals surface area contributed by atoms with E-state index in [1.54, 1.807) is 47.6 Å². The van der Waals surface area contributed by atoms with E-state index in [-0.39, 0.29) is 30.6 Å². The summed E-state index contributed by atoms with van der Waals surface area (Å²) < 4.78 is 6.45. The molecule has 0 unspecified atom stereocenters. The van der Waals surface area contributed by atoms with Gasteiger partial charge in [0.2, 0.25) is 0 Å². The molecule has 0 radical (unpaired) electrons. The molecule has 200 valence electrons. The summed E-state index contributed by atoms with van der Waals surface area (Å²) in [6.45, 7) is 5.53. The number of nitrogens with one attached hydrogen (secondary N) is 2. The highest BCUT2D eigenvalue weighted by Gasteiger charge is 2.33. The summed E-state index contributed by atoms with van der Waals surface area (Å²) in [5.41, 5.74) is 2.62. The van der Waals surface area contributed by atoms with Crippen molar-refractivity contribution in [1.29, 1.82) is 0 Å². The zero-order chi connectivity index (χ0) is 27.1. The Balaban J connectivity index is 1.56. The van der Waals surface area contributed by atoms with Gasteiger partial charge in [-0.3, -0.25) is 14.7 Å². The SMILES string of the molecule is C[C@@H]1CN([C@@H](C)CO)C(=O)c2cc(NC(=O)Nc3ccccc3)ccc2O[C@@H]1CN(C)Cc1ccncc1. The lowest BCUT2D eigenvalue weighted by atomic mass is 9.99. The van der Waals surface area contributed by atoms with Crippen molar-refractivity contribution in [2.45, 2.75) is 32.5 Å². The van der Waals surface area contributed by atoms with Gasteiger partial charge in [0.05, 0.1) is 18.2 Å². The van der Waals surface area contributed by atoms with Crippen LogP contribution in [0, 0.1) is 5.92 Å². The van der Waals surface area contributed by atoms with Crippen LogP contribution in [0.25, 0.3) is 0 Å². The minimum atomic E-state index is -0.417. The molecule has 38 heavy (non-hydrogen) atoms. The summed E-state index contributed by atoms with van der Waals surface area (Å²) >= 11 is 0. The van der Waals surface area contributed by atoms with Crippen molar-refractivity contribution >= 4 is 23.3 Å². The number of hydrogen-bond donors (Lipinski definition) is 3. The van der Waals surface area contributed by atoms with Gasteiger partial charge >= 0.3 is 6.03 Å². The molecular formula is C29H35N5O4. The number of aromatic nitrogens is 1. The molecule has 0 saturated carbocycles. The molecule has 2 aromatic carbocycles. The van der Waals surface area contributed by atoms with Crippen LogP contribution in [0.15, 0.2) is 73.1 Å². The van der Waals surface area contributed by atoms with E-state index in [0.717, 1.165) is 12.1 Å². The van der Waals surface area contributed by atoms with Crippen LogP contribution in [0.4, 0.5) is 16.2 Å². The number of para-hydroxylation sites is 1. The number of urea groups is 1. The van der Waals surface area contributed by atoms with E-state index in [1.807, 2.05) is 44.3 Å². The molecular weight excluding hydrogens is 482 g/mol. The zero-order valence-electron chi connectivity index (χ0n) is 22.0. The number of anilines is 2. The maximum absolute atomic E-state index is 13.6. The number of carbonyl (C=O) groups excluding carboxylic acids is 2. The van der Waals surface area contributed by atoms with Crippen molar-refractivity contribution in [3.63, 3.8) is 0 Å². The van der Waals surface area contributed by atoms with E-state index in [0.29, 0.717) is 35.8 Å². The van der Waals surface area contributed by atoms with Crippen molar-refractivity contribution < 1.29 is 19.4 Å². The summed E-state index contributed by atoms with van der Waals surface area (Å²) in [4.78, 5) is 34.1. The average Bonchev–Trinajstić information content (AvgIpc) is 2.91. The number of fused-ring (bicyclic) bond motifs is 1. The predicted octanol–water partition coefficient (Wildman–Crippen LogP) is 4.08.